The summed E-state index contributed by atoms with van der Waals surface area (Å²) in [4.78, 5) is 21.9. The predicted octanol–water partition coefficient (Wildman–Crippen LogP) is 2.67. The van der Waals surface area contributed by atoms with Gasteiger partial charge in [-0.2, -0.15) is 11.8 Å². The molecule has 1 aliphatic rings. The van der Waals surface area contributed by atoms with Gasteiger partial charge < -0.3 is 0 Å². The fourth-order valence-corrected chi connectivity index (χ4v) is 2.96. The average Bonchev–Trinajstić information content (AvgIpc) is 2.81. The number of ketones is 1. The van der Waals surface area contributed by atoms with Crippen LogP contribution in [0.4, 0.5) is 5.69 Å². The molecule has 5 heteroatoms. The second kappa shape index (κ2) is 4.65. The van der Waals surface area contributed by atoms with Crippen LogP contribution in [0.15, 0.2) is 24.3 Å². The zero-order valence-corrected chi connectivity index (χ0v) is 9.40. The largest absolute Gasteiger partial charge is 0.293 e. The number of hydrogen-bond acceptors (Lipinski definition) is 4. The summed E-state index contributed by atoms with van der Waals surface area (Å²) < 4.78 is 0. The first-order valence-electron chi connectivity index (χ1n) is 5.09. The summed E-state index contributed by atoms with van der Waals surface area (Å²) in [6.07, 6.45) is 1.99. The van der Waals surface area contributed by atoms with Crippen molar-refractivity contribution in [3.05, 3.63) is 39.9 Å². The van der Waals surface area contributed by atoms with E-state index in [1.807, 2.05) is 0 Å². The molecule has 2 rings (SSSR count). The van der Waals surface area contributed by atoms with E-state index in [1.165, 1.54) is 12.1 Å². The lowest BCUT2D eigenvalue weighted by Crippen LogP contribution is -2.13. The maximum absolute atomic E-state index is 11.9. The second-order valence-corrected chi connectivity index (χ2v) is 4.98. The summed E-state index contributed by atoms with van der Waals surface area (Å²) in [5.74, 6) is 1.13. The summed E-state index contributed by atoms with van der Waals surface area (Å²) in [5, 5.41) is 10.5. The van der Waals surface area contributed by atoms with Crippen LogP contribution in [-0.4, -0.2) is 21.7 Å². The molecular formula is C11H11NO3S. The molecule has 0 N–H and O–H groups in total. The Morgan fingerprint density at radius 1 is 1.38 bits per heavy atom. The van der Waals surface area contributed by atoms with E-state index in [1.54, 1.807) is 23.9 Å². The van der Waals surface area contributed by atoms with Crippen molar-refractivity contribution in [3.8, 4) is 0 Å². The lowest BCUT2D eigenvalue weighted by atomic mass is 10.1. The number of rotatable bonds is 3. The Morgan fingerprint density at radius 3 is 2.56 bits per heavy atom. The number of thioether (sulfide) groups is 1. The van der Waals surface area contributed by atoms with Crippen LogP contribution in [0.5, 0.6) is 0 Å². The van der Waals surface area contributed by atoms with Crippen LogP contribution >= 0.6 is 11.8 Å². The highest BCUT2D eigenvalue weighted by Crippen LogP contribution is 2.29. The molecule has 0 aromatic heterocycles. The fraction of sp³-hybridized carbons (Fsp3) is 0.364. The standard InChI is InChI=1S/C11H11NO3S/c13-11(10-2-1-7-16-10)8-3-5-9(6-4-8)12(14)15/h3-6,10H,1-2,7H2. The number of carbonyl (C=O) groups is 1. The molecule has 1 aromatic carbocycles. The normalized spacial score (nSPS) is 19.6. The molecule has 1 fully saturated rings. The Labute approximate surface area is 97.2 Å². The summed E-state index contributed by atoms with van der Waals surface area (Å²) in [7, 11) is 0. The molecule has 16 heavy (non-hydrogen) atoms. The smallest absolute Gasteiger partial charge is 0.269 e. The molecule has 1 heterocycles. The highest BCUT2D eigenvalue weighted by molar-refractivity contribution is 8.00. The molecule has 0 saturated carbocycles. The van der Waals surface area contributed by atoms with Gasteiger partial charge in [-0.1, -0.05) is 0 Å². The van der Waals surface area contributed by atoms with E-state index in [0.717, 1.165) is 18.6 Å². The van der Waals surface area contributed by atoms with E-state index in [4.69, 9.17) is 0 Å². The van der Waals surface area contributed by atoms with Gasteiger partial charge in [0.2, 0.25) is 0 Å². The van der Waals surface area contributed by atoms with Gasteiger partial charge in [0.1, 0.15) is 0 Å². The molecular weight excluding hydrogens is 226 g/mol. The molecule has 84 valence electrons. The van der Waals surface area contributed by atoms with Crippen molar-refractivity contribution in [1.82, 2.24) is 0 Å². The number of Topliss-reactive ketones (excluding diaryl/α,β-unsaturated/α-hetero) is 1. The van der Waals surface area contributed by atoms with Gasteiger partial charge in [0.05, 0.1) is 10.2 Å². The van der Waals surface area contributed by atoms with Crippen molar-refractivity contribution in [2.45, 2.75) is 18.1 Å². The molecule has 0 bridgehead atoms. The number of carbonyl (C=O) groups excluding carboxylic acids is 1. The van der Waals surface area contributed by atoms with E-state index in [-0.39, 0.29) is 16.7 Å². The number of non-ortho nitro benzene ring substituents is 1. The number of benzene rings is 1. The maximum Gasteiger partial charge on any atom is 0.269 e. The van der Waals surface area contributed by atoms with E-state index >= 15 is 0 Å². The lowest BCUT2D eigenvalue weighted by Gasteiger charge is -2.06. The zero-order valence-electron chi connectivity index (χ0n) is 8.59. The van der Waals surface area contributed by atoms with Crippen LogP contribution in [0.3, 0.4) is 0 Å². The summed E-state index contributed by atoms with van der Waals surface area (Å²) >= 11 is 1.67. The van der Waals surface area contributed by atoms with E-state index < -0.39 is 4.92 Å². The van der Waals surface area contributed by atoms with E-state index in [9.17, 15) is 14.9 Å². The predicted molar refractivity (Wildman–Crippen MR) is 62.9 cm³/mol. The molecule has 0 amide bonds. The van der Waals surface area contributed by atoms with Crippen LogP contribution in [0, 0.1) is 10.1 Å². The molecule has 1 saturated heterocycles. The van der Waals surface area contributed by atoms with Crippen molar-refractivity contribution in [3.63, 3.8) is 0 Å². The second-order valence-electron chi connectivity index (χ2n) is 3.67. The minimum atomic E-state index is -0.460. The lowest BCUT2D eigenvalue weighted by molar-refractivity contribution is -0.384. The van der Waals surface area contributed by atoms with E-state index in [2.05, 4.69) is 0 Å². The third-order valence-corrected chi connectivity index (χ3v) is 3.96. The number of hydrogen-bond donors (Lipinski definition) is 0. The van der Waals surface area contributed by atoms with Gasteiger partial charge in [0.15, 0.2) is 5.78 Å². The zero-order chi connectivity index (χ0) is 11.5. The third-order valence-electron chi connectivity index (χ3n) is 2.58. The SMILES string of the molecule is O=C(c1ccc([N+](=O)[O-])cc1)C1CCCS1. The topological polar surface area (TPSA) is 60.2 Å². The van der Waals surface area contributed by atoms with Crippen LogP contribution in [-0.2, 0) is 0 Å². The molecule has 0 radical (unpaired) electrons. The Hall–Kier alpha value is -1.36. The van der Waals surface area contributed by atoms with Crippen molar-refractivity contribution >= 4 is 23.2 Å². The van der Waals surface area contributed by atoms with Gasteiger partial charge >= 0.3 is 0 Å². The number of nitrogens with zero attached hydrogens (tertiary/aromatic N) is 1. The minimum Gasteiger partial charge on any atom is -0.293 e. The molecule has 1 aromatic rings. The van der Waals surface area contributed by atoms with Crippen LogP contribution in [0.1, 0.15) is 23.2 Å². The molecule has 1 unspecified atom stereocenters. The van der Waals surface area contributed by atoms with Crippen molar-refractivity contribution in [2.75, 3.05) is 5.75 Å². The molecule has 1 atom stereocenters. The minimum absolute atomic E-state index is 0.0237. The van der Waals surface area contributed by atoms with Crippen molar-refractivity contribution in [1.29, 1.82) is 0 Å². The first kappa shape index (κ1) is 11.1. The summed E-state index contributed by atoms with van der Waals surface area (Å²) in [5.41, 5.74) is 0.598. The van der Waals surface area contributed by atoms with Gasteiger partial charge in [0.25, 0.3) is 5.69 Å². The number of nitro groups is 1. The summed E-state index contributed by atoms with van der Waals surface area (Å²) in [6.45, 7) is 0. The highest BCUT2D eigenvalue weighted by Gasteiger charge is 2.24. The first-order valence-corrected chi connectivity index (χ1v) is 6.13. The Balaban J connectivity index is 2.14. The van der Waals surface area contributed by atoms with Crippen LogP contribution in [0.2, 0.25) is 0 Å². The van der Waals surface area contributed by atoms with Gasteiger partial charge in [-0.15, -0.1) is 0 Å². The highest BCUT2D eigenvalue weighted by atomic mass is 32.2. The third kappa shape index (κ3) is 2.24. The first-order chi connectivity index (χ1) is 7.68. The molecule has 1 aliphatic heterocycles. The van der Waals surface area contributed by atoms with Gasteiger partial charge in [-0.25, -0.2) is 0 Å². The average molecular weight is 237 g/mol. The monoisotopic (exact) mass is 237 g/mol. The van der Waals surface area contributed by atoms with Crippen molar-refractivity contribution in [2.24, 2.45) is 0 Å². The van der Waals surface area contributed by atoms with Gasteiger partial charge in [0, 0.05) is 17.7 Å². The fourth-order valence-electron chi connectivity index (χ4n) is 1.72. The maximum atomic E-state index is 11.9. The molecule has 0 spiro atoms. The Morgan fingerprint density at radius 2 is 2.06 bits per heavy atom. The molecule has 4 nitrogen and oxygen atoms in total. The van der Waals surface area contributed by atoms with Crippen LogP contribution < -0.4 is 0 Å². The van der Waals surface area contributed by atoms with E-state index in [0.29, 0.717) is 5.56 Å². The quantitative estimate of drug-likeness (QED) is 0.460. The Kier molecular flexibility index (Phi) is 3.24. The van der Waals surface area contributed by atoms with Gasteiger partial charge in [-0.05, 0) is 30.7 Å². The van der Waals surface area contributed by atoms with Gasteiger partial charge in [-0.3, -0.25) is 14.9 Å². The Bertz CT molecular complexity index is 410. The number of nitro benzene ring substituents is 1. The van der Waals surface area contributed by atoms with Crippen molar-refractivity contribution < 1.29 is 9.72 Å². The molecule has 0 aliphatic carbocycles. The van der Waals surface area contributed by atoms with Crippen LogP contribution in [0.25, 0.3) is 0 Å². The summed E-state index contributed by atoms with van der Waals surface area (Å²) in [6, 6.07) is 5.85.